The third-order valence-corrected chi connectivity index (χ3v) is 2.75. The molecule has 0 bridgehead atoms. The zero-order valence-electron chi connectivity index (χ0n) is 10.3. The SMILES string of the molecule is CCNCC(C)c1nncn1-c1ccccc1. The molecule has 0 aliphatic heterocycles. The Morgan fingerprint density at radius 3 is 2.76 bits per heavy atom. The predicted molar refractivity (Wildman–Crippen MR) is 68.3 cm³/mol. The van der Waals surface area contributed by atoms with Gasteiger partial charge in [0.1, 0.15) is 12.2 Å². The molecule has 0 radical (unpaired) electrons. The topological polar surface area (TPSA) is 42.7 Å². The largest absolute Gasteiger partial charge is 0.316 e. The molecule has 1 atom stereocenters. The summed E-state index contributed by atoms with van der Waals surface area (Å²) in [4.78, 5) is 0. The molecule has 1 unspecified atom stereocenters. The first-order valence-electron chi connectivity index (χ1n) is 5.99. The Kier molecular flexibility index (Phi) is 3.88. The van der Waals surface area contributed by atoms with E-state index in [0.717, 1.165) is 24.6 Å². The Balaban J connectivity index is 2.23. The van der Waals surface area contributed by atoms with Gasteiger partial charge < -0.3 is 5.32 Å². The maximum absolute atomic E-state index is 4.22. The van der Waals surface area contributed by atoms with Crippen molar-refractivity contribution >= 4 is 0 Å². The smallest absolute Gasteiger partial charge is 0.141 e. The summed E-state index contributed by atoms with van der Waals surface area (Å²) in [5, 5.41) is 11.6. The second kappa shape index (κ2) is 5.59. The molecule has 4 nitrogen and oxygen atoms in total. The molecule has 0 amide bonds. The zero-order chi connectivity index (χ0) is 12.1. The number of hydrogen-bond donors (Lipinski definition) is 1. The molecule has 1 heterocycles. The molecule has 4 heteroatoms. The van der Waals surface area contributed by atoms with Crippen LogP contribution in [0.5, 0.6) is 0 Å². The molecule has 0 aliphatic carbocycles. The van der Waals surface area contributed by atoms with Gasteiger partial charge in [-0.05, 0) is 18.7 Å². The minimum absolute atomic E-state index is 0.345. The lowest BCUT2D eigenvalue weighted by atomic mass is 10.1. The van der Waals surface area contributed by atoms with Gasteiger partial charge in [0.05, 0.1) is 0 Å². The summed E-state index contributed by atoms with van der Waals surface area (Å²) < 4.78 is 2.04. The van der Waals surface area contributed by atoms with Crippen LogP contribution < -0.4 is 5.32 Å². The molecule has 1 aromatic carbocycles. The molecule has 0 saturated heterocycles. The Morgan fingerprint density at radius 2 is 2.06 bits per heavy atom. The van der Waals surface area contributed by atoms with Crippen molar-refractivity contribution in [1.29, 1.82) is 0 Å². The molecule has 0 aliphatic rings. The lowest BCUT2D eigenvalue weighted by Crippen LogP contribution is -2.21. The first-order chi connectivity index (χ1) is 8.33. The Bertz CT molecular complexity index is 449. The van der Waals surface area contributed by atoms with E-state index in [1.54, 1.807) is 6.33 Å². The van der Waals surface area contributed by atoms with Gasteiger partial charge in [-0.25, -0.2) is 0 Å². The van der Waals surface area contributed by atoms with Crippen molar-refractivity contribution in [2.75, 3.05) is 13.1 Å². The highest BCUT2D eigenvalue weighted by molar-refractivity contribution is 5.32. The van der Waals surface area contributed by atoms with Gasteiger partial charge in [0.15, 0.2) is 0 Å². The standard InChI is InChI=1S/C13H18N4/c1-3-14-9-11(2)13-16-15-10-17(13)12-7-5-4-6-8-12/h4-8,10-11,14H,3,9H2,1-2H3. The van der Waals surface area contributed by atoms with Crippen molar-refractivity contribution in [3.63, 3.8) is 0 Å². The molecule has 1 aromatic heterocycles. The molecule has 17 heavy (non-hydrogen) atoms. The first-order valence-corrected chi connectivity index (χ1v) is 5.99. The average Bonchev–Trinajstić information content (AvgIpc) is 2.86. The third kappa shape index (κ3) is 2.71. The van der Waals surface area contributed by atoms with Gasteiger partial charge in [0.25, 0.3) is 0 Å². The molecular formula is C13H18N4. The number of nitrogens with one attached hydrogen (secondary N) is 1. The summed E-state index contributed by atoms with van der Waals surface area (Å²) in [5.41, 5.74) is 1.11. The number of hydrogen-bond acceptors (Lipinski definition) is 3. The molecule has 0 saturated carbocycles. The van der Waals surface area contributed by atoms with Crippen LogP contribution in [0.15, 0.2) is 36.7 Å². The molecule has 1 N–H and O–H groups in total. The van der Waals surface area contributed by atoms with E-state index in [-0.39, 0.29) is 0 Å². The van der Waals surface area contributed by atoms with Crippen LogP contribution in [-0.4, -0.2) is 27.9 Å². The minimum atomic E-state index is 0.345. The number of likely N-dealkylation sites (N-methyl/N-ethyl adjacent to an activating group) is 1. The van der Waals surface area contributed by atoms with E-state index in [1.807, 2.05) is 22.8 Å². The zero-order valence-corrected chi connectivity index (χ0v) is 10.3. The van der Waals surface area contributed by atoms with Crippen LogP contribution in [-0.2, 0) is 0 Å². The van der Waals surface area contributed by atoms with Crippen LogP contribution in [0.1, 0.15) is 25.6 Å². The summed E-state index contributed by atoms with van der Waals surface area (Å²) in [5.74, 6) is 1.34. The number of aromatic nitrogens is 3. The van der Waals surface area contributed by atoms with Gasteiger partial charge in [-0.15, -0.1) is 10.2 Å². The van der Waals surface area contributed by atoms with Crippen molar-refractivity contribution in [3.8, 4) is 5.69 Å². The van der Waals surface area contributed by atoms with E-state index >= 15 is 0 Å². The summed E-state index contributed by atoms with van der Waals surface area (Å²) in [6.07, 6.45) is 1.77. The molecule has 2 rings (SSSR count). The van der Waals surface area contributed by atoms with Crippen molar-refractivity contribution < 1.29 is 0 Å². The third-order valence-electron chi connectivity index (χ3n) is 2.75. The van der Waals surface area contributed by atoms with E-state index in [4.69, 9.17) is 0 Å². The van der Waals surface area contributed by atoms with Crippen molar-refractivity contribution in [2.45, 2.75) is 19.8 Å². The number of nitrogens with zero attached hydrogens (tertiary/aromatic N) is 3. The molecular weight excluding hydrogens is 212 g/mol. The maximum Gasteiger partial charge on any atom is 0.141 e. The quantitative estimate of drug-likeness (QED) is 0.854. The highest BCUT2D eigenvalue weighted by atomic mass is 15.3. The van der Waals surface area contributed by atoms with Crippen LogP contribution in [0.4, 0.5) is 0 Å². The van der Waals surface area contributed by atoms with E-state index < -0.39 is 0 Å². The second-order valence-electron chi connectivity index (χ2n) is 4.10. The maximum atomic E-state index is 4.22. The number of benzene rings is 1. The van der Waals surface area contributed by atoms with E-state index in [2.05, 4.69) is 41.5 Å². The summed E-state index contributed by atoms with van der Waals surface area (Å²) in [7, 11) is 0. The number of para-hydroxylation sites is 1. The molecule has 90 valence electrons. The Hall–Kier alpha value is -1.68. The molecule has 0 fully saturated rings. The predicted octanol–water partition coefficient (Wildman–Crippen LogP) is 1.98. The van der Waals surface area contributed by atoms with Gasteiger partial charge in [-0.1, -0.05) is 32.0 Å². The Labute approximate surface area is 102 Å². The van der Waals surface area contributed by atoms with Crippen molar-refractivity contribution in [3.05, 3.63) is 42.5 Å². The average molecular weight is 230 g/mol. The van der Waals surface area contributed by atoms with E-state index in [0.29, 0.717) is 5.92 Å². The molecule has 0 spiro atoms. The second-order valence-corrected chi connectivity index (χ2v) is 4.10. The monoisotopic (exact) mass is 230 g/mol. The summed E-state index contributed by atoms with van der Waals surface area (Å²) >= 11 is 0. The lowest BCUT2D eigenvalue weighted by Gasteiger charge is -2.13. The van der Waals surface area contributed by atoms with Crippen LogP contribution in [0.25, 0.3) is 5.69 Å². The first kappa shape index (κ1) is 11.8. The van der Waals surface area contributed by atoms with Gasteiger partial charge >= 0.3 is 0 Å². The van der Waals surface area contributed by atoms with Crippen LogP contribution in [0.3, 0.4) is 0 Å². The van der Waals surface area contributed by atoms with Crippen molar-refractivity contribution in [1.82, 2.24) is 20.1 Å². The van der Waals surface area contributed by atoms with Crippen LogP contribution in [0, 0.1) is 0 Å². The fourth-order valence-electron chi connectivity index (χ4n) is 1.82. The fourth-order valence-corrected chi connectivity index (χ4v) is 1.82. The lowest BCUT2D eigenvalue weighted by molar-refractivity contribution is 0.599. The minimum Gasteiger partial charge on any atom is -0.316 e. The van der Waals surface area contributed by atoms with Crippen molar-refractivity contribution in [2.24, 2.45) is 0 Å². The number of rotatable bonds is 5. The van der Waals surface area contributed by atoms with E-state index in [1.165, 1.54) is 0 Å². The highest BCUT2D eigenvalue weighted by Gasteiger charge is 2.13. The van der Waals surface area contributed by atoms with Gasteiger partial charge in [-0.3, -0.25) is 4.57 Å². The van der Waals surface area contributed by atoms with Crippen LogP contribution >= 0.6 is 0 Å². The Morgan fingerprint density at radius 1 is 1.29 bits per heavy atom. The van der Waals surface area contributed by atoms with Gasteiger partial charge in [0.2, 0.25) is 0 Å². The highest BCUT2D eigenvalue weighted by Crippen LogP contribution is 2.16. The summed E-state index contributed by atoms with van der Waals surface area (Å²) in [6, 6.07) is 10.2. The van der Waals surface area contributed by atoms with E-state index in [9.17, 15) is 0 Å². The van der Waals surface area contributed by atoms with Crippen LogP contribution in [0.2, 0.25) is 0 Å². The van der Waals surface area contributed by atoms with Gasteiger partial charge in [0, 0.05) is 18.2 Å². The fraction of sp³-hybridized carbons (Fsp3) is 0.385. The summed E-state index contributed by atoms with van der Waals surface area (Å²) in [6.45, 7) is 6.16. The normalized spacial score (nSPS) is 12.6. The molecule has 2 aromatic rings. The van der Waals surface area contributed by atoms with Gasteiger partial charge in [-0.2, -0.15) is 0 Å².